The number of likely N-dealkylation sites (tertiary alicyclic amines) is 1. The molecule has 1 unspecified atom stereocenters. The number of hydrogen-bond donors (Lipinski definition) is 1. The normalized spacial score (nSPS) is 17.1. The van der Waals surface area contributed by atoms with Crippen LogP contribution in [0.25, 0.3) is 11.5 Å². The summed E-state index contributed by atoms with van der Waals surface area (Å²) in [7, 11) is 0. The van der Waals surface area contributed by atoms with E-state index < -0.39 is 5.82 Å². The van der Waals surface area contributed by atoms with E-state index in [1.54, 1.807) is 30.3 Å². The van der Waals surface area contributed by atoms with E-state index in [4.69, 9.17) is 4.42 Å². The fraction of sp³-hybridized carbons (Fsp3) is 0.318. The first-order valence-electron chi connectivity index (χ1n) is 9.93. The molecule has 2 aromatic carbocycles. The van der Waals surface area contributed by atoms with Gasteiger partial charge in [0, 0.05) is 6.54 Å². The lowest BCUT2D eigenvalue weighted by Crippen LogP contribution is -2.41. The molecule has 1 amide bonds. The van der Waals surface area contributed by atoms with Crippen LogP contribution in [0, 0.1) is 11.6 Å². The van der Waals surface area contributed by atoms with Crippen molar-refractivity contribution >= 4 is 5.91 Å². The monoisotopic (exact) mass is 412 g/mol. The Hall–Kier alpha value is -3.13. The molecular formula is C22H22F2N4O2. The summed E-state index contributed by atoms with van der Waals surface area (Å²) in [5, 5.41) is 11.0. The van der Waals surface area contributed by atoms with Gasteiger partial charge in [0.05, 0.1) is 18.2 Å². The average Bonchev–Trinajstić information content (AvgIpc) is 3.24. The number of halogens is 2. The van der Waals surface area contributed by atoms with Crippen LogP contribution in [0.3, 0.4) is 0 Å². The number of amides is 1. The Bertz CT molecular complexity index is 1010. The van der Waals surface area contributed by atoms with Gasteiger partial charge in [-0.3, -0.25) is 9.69 Å². The van der Waals surface area contributed by atoms with Gasteiger partial charge in [-0.05, 0) is 49.2 Å². The molecule has 1 fully saturated rings. The van der Waals surface area contributed by atoms with Crippen molar-refractivity contribution in [3.8, 4) is 11.5 Å². The lowest BCUT2D eigenvalue weighted by Gasteiger charge is -2.32. The predicted molar refractivity (Wildman–Crippen MR) is 106 cm³/mol. The van der Waals surface area contributed by atoms with Gasteiger partial charge in [-0.25, -0.2) is 8.78 Å². The van der Waals surface area contributed by atoms with E-state index >= 15 is 0 Å². The summed E-state index contributed by atoms with van der Waals surface area (Å²) in [6.45, 7) is 1.24. The second-order valence-corrected chi connectivity index (χ2v) is 7.31. The molecule has 6 nitrogen and oxygen atoms in total. The van der Waals surface area contributed by atoms with Crippen molar-refractivity contribution in [2.75, 3.05) is 13.1 Å². The van der Waals surface area contributed by atoms with Crippen LogP contribution in [0.4, 0.5) is 8.78 Å². The largest absolute Gasteiger partial charge is 0.419 e. The number of benzene rings is 2. The Morgan fingerprint density at radius 2 is 1.90 bits per heavy atom. The summed E-state index contributed by atoms with van der Waals surface area (Å²) in [5.74, 6) is -0.349. The molecule has 4 rings (SSSR count). The Kier molecular flexibility index (Phi) is 6.13. The van der Waals surface area contributed by atoms with E-state index in [-0.39, 0.29) is 35.8 Å². The van der Waals surface area contributed by atoms with Crippen LogP contribution >= 0.6 is 0 Å². The van der Waals surface area contributed by atoms with Gasteiger partial charge in [0.15, 0.2) is 0 Å². The minimum atomic E-state index is -0.423. The van der Waals surface area contributed by atoms with Crippen molar-refractivity contribution in [3.63, 3.8) is 0 Å². The number of nitrogens with zero attached hydrogens (tertiary/aromatic N) is 3. The maximum absolute atomic E-state index is 14.0. The standard InChI is InChI=1S/C22H22F2N4O2/c23-16-10-8-15(9-11-16)13-25-20(29)14-28-12-4-3-7-19(28)22-27-26-21(30-22)17-5-1-2-6-18(17)24/h1-2,5-6,8-11,19H,3-4,7,12-14H2,(H,25,29). The molecule has 1 aliphatic rings. The molecule has 1 atom stereocenters. The van der Waals surface area contributed by atoms with Crippen LogP contribution in [-0.2, 0) is 11.3 Å². The highest BCUT2D eigenvalue weighted by molar-refractivity contribution is 5.78. The second-order valence-electron chi connectivity index (χ2n) is 7.31. The minimum Gasteiger partial charge on any atom is -0.419 e. The third kappa shape index (κ3) is 4.71. The highest BCUT2D eigenvalue weighted by Crippen LogP contribution is 2.32. The zero-order chi connectivity index (χ0) is 20.9. The zero-order valence-corrected chi connectivity index (χ0v) is 16.4. The first-order valence-corrected chi connectivity index (χ1v) is 9.93. The van der Waals surface area contributed by atoms with Crippen LogP contribution in [0.15, 0.2) is 52.9 Å². The maximum atomic E-state index is 14.0. The predicted octanol–water partition coefficient (Wildman–Crippen LogP) is 3.86. The van der Waals surface area contributed by atoms with Gasteiger partial charge in [-0.1, -0.05) is 30.7 Å². The number of nitrogens with one attached hydrogen (secondary N) is 1. The third-order valence-electron chi connectivity index (χ3n) is 5.19. The first-order chi connectivity index (χ1) is 14.6. The lowest BCUT2D eigenvalue weighted by atomic mass is 10.0. The summed E-state index contributed by atoms with van der Waals surface area (Å²) in [6.07, 6.45) is 2.73. The van der Waals surface area contributed by atoms with Crippen molar-refractivity contribution in [1.29, 1.82) is 0 Å². The SMILES string of the molecule is O=C(CN1CCCCC1c1nnc(-c2ccccc2F)o1)NCc1ccc(F)cc1. The number of carbonyl (C=O) groups excluding carboxylic acids is 1. The quantitative estimate of drug-likeness (QED) is 0.666. The van der Waals surface area contributed by atoms with Crippen LogP contribution < -0.4 is 5.32 Å². The third-order valence-corrected chi connectivity index (χ3v) is 5.19. The summed E-state index contributed by atoms with van der Waals surface area (Å²) >= 11 is 0. The molecule has 30 heavy (non-hydrogen) atoms. The summed E-state index contributed by atoms with van der Waals surface area (Å²) in [5.41, 5.74) is 1.09. The van der Waals surface area contributed by atoms with Crippen LogP contribution in [-0.4, -0.2) is 34.1 Å². The lowest BCUT2D eigenvalue weighted by molar-refractivity contribution is -0.123. The summed E-state index contributed by atoms with van der Waals surface area (Å²) < 4.78 is 32.8. The molecule has 0 bridgehead atoms. The highest BCUT2D eigenvalue weighted by Gasteiger charge is 2.30. The van der Waals surface area contributed by atoms with Crippen molar-refractivity contribution in [1.82, 2.24) is 20.4 Å². The second kappa shape index (κ2) is 9.13. The Morgan fingerprint density at radius 3 is 2.70 bits per heavy atom. The van der Waals surface area contributed by atoms with Crippen LogP contribution in [0.5, 0.6) is 0 Å². The van der Waals surface area contributed by atoms with Gasteiger partial charge in [0.2, 0.25) is 11.8 Å². The van der Waals surface area contributed by atoms with Crippen molar-refractivity contribution in [3.05, 3.63) is 71.6 Å². The molecular weight excluding hydrogens is 390 g/mol. The van der Waals surface area contributed by atoms with Crippen molar-refractivity contribution < 1.29 is 18.0 Å². The average molecular weight is 412 g/mol. The smallest absolute Gasteiger partial charge is 0.250 e. The molecule has 2 heterocycles. The molecule has 0 radical (unpaired) electrons. The molecule has 1 aliphatic heterocycles. The van der Waals surface area contributed by atoms with Gasteiger partial charge in [-0.15, -0.1) is 10.2 Å². The molecule has 0 aliphatic carbocycles. The summed E-state index contributed by atoms with van der Waals surface area (Å²) in [4.78, 5) is 14.5. The molecule has 1 aromatic heterocycles. The highest BCUT2D eigenvalue weighted by atomic mass is 19.1. The Balaban J connectivity index is 1.41. The molecule has 1 N–H and O–H groups in total. The van der Waals surface area contributed by atoms with Crippen molar-refractivity contribution in [2.24, 2.45) is 0 Å². The maximum Gasteiger partial charge on any atom is 0.250 e. The van der Waals surface area contributed by atoms with E-state index in [2.05, 4.69) is 15.5 Å². The number of piperidine rings is 1. The number of rotatable bonds is 6. The van der Waals surface area contributed by atoms with Gasteiger partial charge in [-0.2, -0.15) is 0 Å². The van der Waals surface area contributed by atoms with E-state index in [0.717, 1.165) is 31.4 Å². The van der Waals surface area contributed by atoms with Gasteiger partial charge in [0.25, 0.3) is 5.89 Å². The van der Waals surface area contributed by atoms with Crippen LogP contribution in [0.2, 0.25) is 0 Å². The number of carbonyl (C=O) groups is 1. The van der Waals surface area contributed by atoms with Crippen LogP contribution in [0.1, 0.15) is 36.8 Å². The number of aromatic nitrogens is 2. The molecule has 0 spiro atoms. The first kappa shape index (κ1) is 20.2. The van der Waals surface area contributed by atoms with Gasteiger partial charge < -0.3 is 9.73 Å². The van der Waals surface area contributed by atoms with E-state index in [1.165, 1.54) is 18.2 Å². The Labute approximate surface area is 172 Å². The van der Waals surface area contributed by atoms with E-state index in [9.17, 15) is 13.6 Å². The van der Waals surface area contributed by atoms with E-state index in [1.807, 2.05) is 4.90 Å². The molecule has 3 aromatic rings. The fourth-order valence-electron chi connectivity index (χ4n) is 3.62. The number of hydrogen-bond acceptors (Lipinski definition) is 5. The molecule has 1 saturated heterocycles. The Morgan fingerprint density at radius 1 is 1.10 bits per heavy atom. The van der Waals surface area contributed by atoms with Gasteiger partial charge in [0.1, 0.15) is 11.6 Å². The van der Waals surface area contributed by atoms with Crippen molar-refractivity contribution in [2.45, 2.75) is 31.8 Å². The van der Waals surface area contributed by atoms with Gasteiger partial charge >= 0.3 is 0 Å². The summed E-state index contributed by atoms with van der Waals surface area (Å²) in [6, 6.07) is 12.1. The topological polar surface area (TPSA) is 71.3 Å². The minimum absolute atomic E-state index is 0.134. The molecule has 0 saturated carbocycles. The molecule has 156 valence electrons. The molecule has 8 heteroatoms. The zero-order valence-electron chi connectivity index (χ0n) is 16.4. The fourth-order valence-corrected chi connectivity index (χ4v) is 3.62. The van der Waals surface area contributed by atoms with E-state index in [0.29, 0.717) is 12.4 Å².